The molecule has 3 fully saturated rings. The molecule has 7 heterocycles. The number of carbonyl (C=O) groups excluding carboxylic acids is 4. The molecule has 0 spiro atoms. The van der Waals surface area contributed by atoms with Gasteiger partial charge in [0.25, 0.3) is 5.91 Å². The van der Waals surface area contributed by atoms with E-state index < -0.39 is 53.3 Å². The van der Waals surface area contributed by atoms with Crippen molar-refractivity contribution in [2.45, 2.75) is 130 Å². The van der Waals surface area contributed by atoms with Gasteiger partial charge in [-0.25, -0.2) is 4.98 Å². The quantitative estimate of drug-likeness (QED) is 0.0649. The van der Waals surface area contributed by atoms with Crippen LogP contribution in [0.3, 0.4) is 0 Å². The summed E-state index contributed by atoms with van der Waals surface area (Å²) in [6, 6.07) is 19.8. The maximum atomic E-state index is 14.4. The van der Waals surface area contributed by atoms with Crippen LogP contribution in [0.4, 0.5) is 5.69 Å². The molecule has 3 aliphatic heterocycles. The molecule has 0 unspecified atom stereocenters. The Morgan fingerprint density at radius 2 is 1.63 bits per heavy atom. The van der Waals surface area contributed by atoms with Crippen LogP contribution >= 0.6 is 22.7 Å². The van der Waals surface area contributed by atoms with Gasteiger partial charge < -0.3 is 45.1 Å². The zero-order valence-corrected chi connectivity index (χ0v) is 48.1. The first-order chi connectivity index (χ1) is 38.7. The number of carboxylic acid groups (broad SMARTS) is 1. The van der Waals surface area contributed by atoms with Gasteiger partial charge in [0.05, 0.1) is 46.3 Å². The van der Waals surface area contributed by atoms with E-state index in [2.05, 4.69) is 49.9 Å². The van der Waals surface area contributed by atoms with E-state index in [1.807, 2.05) is 100 Å². The number of aromatic nitrogens is 4. The lowest BCUT2D eigenvalue weighted by atomic mass is 9.85. The fraction of sp³-hybridized carbons (Fsp3) is 0.417. The molecule has 4 aliphatic rings. The first-order valence-corrected chi connectivity index (χ1v) is 29.2. The third-order valence-corrected chi connectivity index (χ3v) is 18.3. The van der Waals surface area contributed by atoms with Gasteiger partial charge in [-0.2, -0.15) is 0 Å². The number of hydrogen-bond donors (Lipinski definition) is 5. The van der Waals surface area contributed by atoms with Gasteiger partial charge in [-0.05, 0) is 99.5 Å². The number of aryl methyl sites for hydroxylation is 3. The van der Waals surface area contributed by atoms with Crippen LogP contribution in [0.5, 0.6) is 5.75 Å². The van der Waals surface area contributed by atoms with Crippen molar-refractivity contribution in [2.24, 2.45) is 16.3 Å². The number of carboxylic acids is 1. The molecule has 5 N–H and O–H groups in total. The first-order valence-electron chi connectivity index (χ1n) is 27.5. The molecule has 2 saturated heterocycles. The second-order valence-electron chi connectivity index (χ2n) is 23.0. The summed E-state index contributed by atoms with van der Waals surface area (Å²) in [7, 11) is 0. The number of hydrogen-bond acceptors (Lipinski definition) is 15. The van der Waals surface area contributed by atoms with Crippen molar-refractivity contribution in [3.8, 4) is 21.2 Å². The van der Waals surface area contributed by atoms with E-state index in [0.717, 1.165) is 66.2 Å². The lowest BCUT2D eigenvalue weighted by Crippen LogP contribution is -2.57. The predicted octanol–water partition coefficient (Wildman–Crippen LogP) is 8.34. The van der Waals surface area contributed by atoms with Gasteiger partial charge in [0, 0.05) is 72.0 Å². The van der Waals surface area contributed by atoms with Crippen LogP contribution < -0.4 is 25.6 Å². The maximum Gasteiger partial charge on any atom is 0.306 e. The zero-order valence-electron chi connectivity index (χ0n) is 46.5. The summed E-state index contributed by atoms with van der Waals surface area (Å²) < 4.78 is 14.3. The van der Waals surface area contributed by atoms with Crippen molar-refractivity contribution in [2.75, 3.05) is 24.5 Å². The molecular weight excluding hydrogens is 1070 g/mol. The van der Waals surface area contributed by atoms with E-state index in [1.165, 1.54) is 4.90 Å². The highest BCUT2D eigenvalue weighted by atomic mass is 32.1. The van der Waals surface area contributed by atoms with Crippen LogP contribution in [0.1, 0.15) is 127 Å². The number of aliphatic carboxylic acids is 1. The largest absolute Gasteiger partial charge is 0.490 e. The minimum Gasteiger partial charge on any atom is -0.490 e. The summed E-state index contributed by atoms with van der Waals surface area (Å²) in [6.07, 6.45) is 0.792. The van der Waals surface area contributed by atoms with Gasteiger partial charge in [0.1, 0.15) is 46.4 Å². The molecule has 7 aromatic rings. The Morgan fingerprint density at radius 3 is 2.33 bits per heavy atom. The minimum absolute atomic E-state index is 0.00152. The second kappa shape index (κ2) is 22.0. The average molecular weight is 1140 g/mol. The molecule has 422 valence electrons. The molecule has 19 nitrogen and oxygen atoms in total. The van der Waals surface area contributed by atoms with Crippen LogP contribution in [0.25, 0.3) is 26.4 Å². The number of anilines is 1. The summed E-state index contributed by atoms with van der Waals surface area (Å²) in [4.78, 5) is 83.0. The topological polar surface area (TPSA) is 247 Å². The number of thiophene rings is 1. The van der Waals surface area contributed by atoms with E-state index in [1.54, 1.807) is 46.9 Å². The van der Waals surface area contributed by atoms with Gasteiger partial charge in [-0.3, -0.25) is 33.5 Å². The van der Waals surface area contributed by atoms with E-state index in [9.17, 15) is 34.2 Å². The number of amides is 4. The van der Waals surface area contributed by atoms with Crippen molar-refractivity contribution in [1.29, 1.82) is 0 Å². The predicted molar refractivity (Wildman–Crippen MR) is 308 cm³/mol. The number of furan rings is 1. The van der Waals surface area contributed by atoms with Crippen molar-refractivity contribution >= 4 is 74.6 Å². The number of aliphatic hydroxyl groups is 1. The van der Waals surface area contributed by atoms with Crippen molar-refractivity contribution in [1.82, 2.24) is 40.6 Å². The Morgan fingerprint density at radius 1 is 0.889 bits per heavy atom. The number of carbonyl (C=O) groups is 5. The van der Waals surface area contributed by atoms with Crippen molar-refractivity contribution in [3.63, 3.8) is 0 Å². The third-order valence-electron chi connectivity index (χ3n) is 16.2. The molecule has 6 atom stereocenters. The van der Waals surface area contributed by atoms with Crippen molar-refractivity contribution in [3.05, 3.63) is 129 Å². The highest BCUT2D eigenvalue weighted by molar-refractivity contribution is 7.15. The summed E-state index contributed by atoms with van der Waals surface area (Å²) >= 11 is 3.19. The Balaban J connectivity index is 0.668. The number of β-amino-alcohol motifs (C(OH)–C–C–N with tert-alkyl or cyclic N) is 1. The number of aliphatic hydroxyl groups excluding tert-OH is 1. The number of aliphatic imine (C=N–C) groups is 1. The summed E-state index contributed by atoms with van der Waals surface area (Å²) in [6.45, 7) is 16.6. The molecule has 1 saturated carbocycles. The Labute approximate surface area is 476 Å². The van der Waals surface area contributed by atoms with E-state index in [-0.39, 0.29) is 55.2 Å². The van der Waals surface area contributed by atoms with E-state index >= 15 is 0 Å². The number of nitrogens with zero attached hydrogens (tertiary/aromatic N) is 7. The van der Waals surface area contributed by atoms with Crippen molar-refractivity contribution < 1.29 is 43.3 Å². The average Bonchev–Trinajstić information content (AvgIpc) is 4.36. The van der Waals surface area contributed by atoms with Gasteiger partial charge in [0.2, 0.25) is 17.7 Å². The standard InChI is InChI=1S/C60H66N10O9S2/c1-30-33(4)81-59-50(30)51(64-45(26-49(72)73)54-67-66-34(5)70(54)59)36-13-15-41(16-14-36)68-20-19-38(27-68)55(74)63-40-23-44(24-40)78-43-17-18-47-39(21-43)22-48(79-47)57(76)65-53(60(6,7)8)58(77)69-28-42(71)25-46(69)56(75)62-31(2)35-9-11-37(12-10-35)52-32(3)61-29-80-52/h9-18,21-22,29,31,38,40,42,44-46,53,71H,19-20,23-28H2,1-8H3,(H,62,75)(H,63,74)(H,65,76)(H,72,73)/t31-,38-,40-,42+,44+,45-,46-,53+/m0/s1. The van der Waals surface area contributed by atoms with Crippen LogP contribution in [0, 0.1) is 39.0 Å². The molecule has 4 amide bonds. The number of nitrogens with one attached hydrogen (secondary N) is 3. The second-order valence-corrected chi connectivity index (χ2v) is 25.0. The Bertz CT molecular complexity index is 3610. The summed E-state index contributed by atoms with van der Waals surface area (Å²) in [5, 5.41) is 40.0. The number of rotatable bonds is 15. The fourth-order valence-electron chi connectivity index (χ4n) is 11.4. The SMILES string of the molecule is Cc1ncsc1-c1ccc([C@H](C)NC(=O)[C@@H]2C[C@@H](O)CN2C(=O)[C@@H](NC(=O)c2cc3cc(O[C@H]4C[C@@H](NC(=O)[C@H]5CCN(c6ccc(C7=N[C@@H](CC(=O)O)c8nnc(C)n8-c8sc(C)c(C)c87)cc6)C5)C4)ccc3o2)C(C)(C)C)cc1. The highest BCUT2D eigenvalue weighted by Crippen LogP contribution is 2.41. The number of fused-ring (bicyclic) bond motifs is 4. The molecule has 0 bridgehead atoms. The minimum atomic E-state index is -1.06. The fourth-order valence-corrected chi connectivity index (χ4v) is 13.5. The van der Waals surface area contributed by atoms with Crippen LogP contribution in [-0.4, -0.2) is 120 Å². The van der Waals surface area contributed by atoms with Crippen LogP contribution in [0.15, 0.2) is 87.7 Å². The zero-order chi connectivity index (χ0) is 57.2. The number of thiazole rings is 1. The highest BCUT2D eigenvalue weighted by Gasteiger charge is 2.45. The van der Waals surface area contributed by atoms with Crippen LogP contribution in [-0.2, 0) is 19.2 Å². The number of likely N-dealkylation sites (tertiary alicyclic amines) is 1. The van der Waals surface area contributed by atoms with Gasteiger partial charge in [-0.1, -0.05) is 57.2 Å². The number of ether oxygens (including phenoxy) is 1. The molecule has 81 heavy (non-hydrogen) atoms. The molecule has 3 aromatic carbocycles. The number of benzene rings is 3. The van der Waals surface area contributed by atoms with Crippen LogP contribution in [0.2, 0.25) is 0 Å². The molecule has 11 rings (SSSR count). The van der Waals surface area contributed by atoms with E-state index in [0.29, 0.717) is 54.2 Å². The summed E-state index contributed by atoms with van der Waals surface area (Å²) in [5.74, 6) is -0.834. The maximum absolute atomic E-state index is 14.4. The molecule has 0 radical (unpaired) electrons. The molecule has 21 heteroatoms. The van der Waals surface area contributed by atoms with Gasteiger partial charge in [0.15, 0.2) is 11.6 Å². The monoisotopic (exact) mass is 1130 g/mol. The normalized spacial score (nSPS) is 21.3. The lowest BCUT2D eigenvalue weighted by Gasteiger charge is -2.36. The third kappa shape index (κ3) is 11.1. The van der Waals surface area contributed by atoms with Gasteiger partial charge in [-0.15, -0.1) is 32.9 Å². The van der Waals surface area contributed by atoms with E-state index in [4.69, 9.17) is 14.1 Å². The summed E-state index contributed by atoms with van der Waals surface area (Å²) in [5.41, 5.74) is 8.97. The molecule has 4 aromatic heterocycles. The molecular formula is C60H66N10O9S2. The Kier molecular flexibility index (Phi) is 15.0. The Hall–Kier alpha value is -7.75. The van der Waals surface area contributed by atoms with Gasteiger partial charge >= 0.3 is 5.97 Å². The first kappa shape index (κ1) is 55.2. The molecule has 1 aliphatic carbocycles. The smallest absolute Gasteiger partial charge is 0.306 e. The lowest BCUT2D eigenvalue weighted by molar-refractivity contribution is -0.142.